The van der Waals surface area contributed by atoms with Gasteiger partial charge in [-0.05, 0) is 70.1 Å². The lowest BCUT2D eigenvalue weighted by Crippen LogP contribution is -2.32. The number of likely N-dealkylation sites (N-methyl/N-ethyl adjacent to an activating group) is 1. The van der Waals surface area contributed by atoms with Crippen LogP contribution in [0.15, 0.2) is 66.9 Å². The van der Waals surface area contributed by atoms with Crippen LogP contribution in [0.5, 0.6) is 11.6 Å². The van der Waals surface area contributed by atoms with Crippen molar-refractivity contribution < 1.29 is 13.9 Å². The number of carbonyl (C=O) groups excluding carboxylic acids is 1. The summed E-state index contributed by atoms with van der Waals surface area (Å²) in [5.74, 6) is 0.953. The van der Waals surface area contributed by atoms with Crippen molar-refractivity contribution in [2.45, 2.75) is 31.7 Å². The number of nitrogens with zero attached hydrogens (tertiary/aromatic N) is 5. The normalized spacial score (nSPS) is 17.3. The fourth-order valence-electron chi connectivity index (χ4n) is 5.70. The summed E-state index contributed by atoms with van der Waals surface area (Å²) in [4.78, 5) is 29.0. The topological polar surface area (TPSA) is 73.8 Å². The highest BCUT2D eigenvalue weighted by Crippen LogP contribution is 2.35. The largest absolute Gasteiger partial charge is 0.438 e. The molecule has 0 spiro atoms. The first-order valence-electron chi connectivity index (χ1n) is 14.3. The molecule has 2 fully saturated rings. The summed E-state index contributed by atoms with van der Waals surface area (Å²) in [6.45, 7) is 3.52. The van der Waals surface area contributed by atoms with E-state index in [0.29, 0.717) is 34.9 Å². The van der Waals surface area contributed by atoms with Gasteiger partial charge in [0.2, 0.25) is 11.8 Å². The highest BCUT2D eigenvalue weighted by molar-refractivity contribution is 6.10. The number of hydrogen-bond donors (Lipinski definition) is 1. The number of halogens is 1. The number of nitrogens with one attached hydrogen (secondary N) is 1. The molecule has 1 unspecified atom stereocenters. The van der Waals surface area contributed by atoms with Crippen LogP contribution >= 0.6 is 0 Å². The second-order valence-corrected chi connectivity index (χ2v) is 11.0. The molecule has 8 nitrogen and oxygen atoms in total. The van der Waals surface area contributed by atoms with Crippen molar-refractivity contribution in [2.75, 3.05) is 55.4 Å². The summed E-state index contributed by atoms with van der Waals surface area (Å²) < 4.78 is 20.8. The van der Waals surface area contributed by atoms with Gasteiger partial charge in [-0.25, -0.2) is 9.37 Å². The number of ether oxygens (including phenoxy) is 1. The molecule has 41 heavy (non-hydrogen) atoms. The lowest BCUT2D eigenvalue weighted by Gasteiger charge is -2.29. The molecule has 2 saturated heterocycles. The molecule has 212 valence electrons. The van der Waals surface area contributed by atoms with Gasteiger partial charge in [-0.2, -0.15) is 4.98 Å². The molecule has 0 bridgehead atoms. The first-order chi connectivity index (χ1) is 19.9. The van der Waals surface area contributed by atoms with Gasteiger partial charge in [0.1, 0.15) is 11.6 Å². The Hall–Kier alpha value is -4.24. The third-order valence-electron chi connectivity index (χ3n) is 8.01. The Morgan fingerprint density at radius 1 is 0.976 bits per heavy atom. The van der Waals surface area contributed by atoms with Crippen LogP contribution in [0.3, 0.4) is 0 Å². The van der Waals surface area contributed by atoms with Crippen LogP contribution in [0.1, 0.15) is 36.0 Å². The van der Waals surface area contributed by atoms with Crippen molar-refractivity contribution in [3.05, 3.63) is 78.2 Å². The van der Waals surface area contributed by atoms with Crippen molar-refractivity contribution in [1.82, 2.24) is 14.9 Å². The first-order valence-corrected chi connectivity index (χ1v) is 14.3. The number of amides is 1. The zero-order valence-corrected chi connectivity index (χ0v) is 23.5. The summed E-state index contributed by atoms with van der Waals surface area (Å²) >= 11 is 0. The molecule has 2 aliphatic heterocycles. The van der Waals surface area contributed by atoms with Crippen LogP contribution in [0, 0.1) is 5.82 Å². The molecule has 0 radical (unpaired) electrons. The maximum atomic E-state index is 14.5. The Kier molecular flexibility index (Phi) is 7.69. The summed E-state index contributed by atoms with van der Waals surface area (Å²) in [5.41, 5.74) is 1.66. The minimum atomic E-state index is -0.415. The number of fused-ring (bicyclic) bond motifs is 1. The van der Waals surface area contributed by atoms with E-state index in [1.165, 1.54) is 18.6 Å². The lowest BCUT2D eigenvalue weighted by molar-refractivity contribution is 0.102. The number of benzene rings is 3. The summed E-state index contributed by atoms with van der Waals surface area (Å²) in [7, 11) is 4.19. The van der Waals surface area contributed by atoms with Crippen LogP contribution in [0.4, 0.5) is 21.7 Å². The maximum Gasteiger partial charge on any atom is 0.255 e. The third kappa shape index (κ3) is 5.95. The van der Waals surface area contributed by atoms with Gasteiger partial charge in [0.05, 0.1) is 0 Å². The highest BCUT2D eigenvalue weighted by Gasteiger charge is 2.26. The van der Waals surface area contributed by atoms with Gasteiger partial charge in [-0.15, -0.1) is 0 Å². The Bertz CT molecular complexity index is 1550. The summed E-state index contributed by atoms with van der Waals surface area (Å²) in [5, 5.41) is 4.63. The highest BCUT2D eigenvalue weighted by atomic mass is 19.1. The standard InChI is InChI=1S/C32H35FN6O2/c1-37(2)24-13-17-39(21-24)32-34-14-12-30(36-32)41-29-11-10-28(26-8-4-5-9-27(26)29)35-31(40)22-18-23(33)20-25(19-22)38-15-6-3-7-16-38/h4-5,8-12,14,18-20,24H,3,6-7,13,15-17,21H2,1-2H3,(H,35,40). The second-order valence-electron chi connectivity index (χ2n) is 11.0. The van der Waals surface area contributed by atoms with E-state index in [2.05, 4.69) is 44.1 Å². The fraction of sp³-hybridized carbons (Fsp3) is 0.344. The number of rotatable bonds is 7. The van der Waals surface area contributed by atoms with Crippen LogP contribution in [-0.2, 0) is 0 Å². The molecule has 1 N–H and O–H groups in total. The van der Waals surface area contributed by atoms with E-state index in [0.717, 1.165) is 61.9 Å². The molecule has 3 heterocycles. The van der Waals surface area contributed by atoms with E-state index < -0.39 is 5.82 Å². The lowest BCUT2D eigenvalue weighted by atomic mass is 10.1. The molecule has 9 heteroatoms. The summed E-state index contributed by atoms with van der Waals surface area (Å²) in [6.07, 6.45) is 6.11. The van der Waals surface area contributed by atoms with Crippen molar-refractivity contribution in [3.8, 4) is 11.6 Å². The van der Waals surface area contributed by atoms with Crippen LogP contribution in [0.25, 0.3) is 10.8 Å². The maximum absolute atomic E-state index is 14.5. The van der Waals surface area contributed by atoms with Gasteiger partial charge in [-0.3, -0.25) is 4.79 Å². The van der Waals surface area contributed by atoms with Crippen LogP contribution in [0.2, 0.25) is 0 Å². The molecule has 6 rings (SSSR count). The molecule has 0 saturated carbocycles. The van der Waals surface area contributed by atoms with E-state index in [1.54, 1.807) is 18.3 Å². The Labute approximate surface area is 239 Å². The number of carbonyl (C=O) groups is 1. The van der Waals surface area contributed by atoms with Crippen molar-refractivity contribution in [1.29, 1.82) is 0 Å². The summed E-state index contributed by atoms with van der Waals surface area (Å²) in [6, 6.07) is 18.1. The number of piperidine rings is 1. The molecule has 4 aromatic rings. The fourth-order valence-corrected chi connectivity index (χ4v) is 5.70. The predicted molar refractivity (Wildman–Crippen MR) is 161 cm³/mol. The van der Waals surface area contributed by atoms with Crippen LogP contribution in [-0.4, -0.2) is 67.1 Å². The first kappa shape index (κ1) is 27.0. The van der Waals surface area contributed by atoms with Gasteiger partial charge in [-0.1, -0.05) is 24.3 Å². The quantitative estimate of drug-likeness (QED) is 0.303. The Balaban J connectivity index is 1.22. The molecule has 0 aliphatic carbocycles. The zero-order chi connectivity index (χ0) is 28.3. The van der Waals surface area contributed by atoms with Gasteiger partial charge < -0.3 is 24.8 Å². The van der Waals surface area contributed by atoms with E-state index >= 15 is 0 Å². The van der Waals surface area contributed by atoms with E-state index in [-0.39, 0.29) is 5.91 Å². The predicted octanol–water partition coefficient (Wildman–Crippen LogP) is 5.94. The SMILES string of the molecule is CN(C)C1CCN(c2nccc(Oc3ccc(NC(=O)c4cc(F)cc(N5CCCCC5)c4)c4ccccc34)n2)C1. The molecule has 3 aromatic carbocycles. The minimum Gasteiger partial charge on any atom is -0.438 e. The zero-order valence-electron chi connectivity index (χ0n) is 23.5. The van der Waals surface area contributed by atoms with Gasteiger partial charge >= 0.3 is 0 Å². The number of aromatic nitrogens is 2. The van der Waals surface area contributed by atoms with Crippen molar-refractivity contribution in [2.24, 2.45) is 0 Å². The Morgan fingerprint density at radius 3 is 2.56 bits per heavy atom. The van der Waals surface area contributed by atoms with Gasteiger partial charge in [0.15, 0.2) is 0 Å². The minimum absolute atomic E-state index is 0.293. The molecule has 1 amide bonds. The Morgan fingerprint density at radius 2 is 1.78 bits per heavy atom. The van der Waals surface area contributed by atoms with E-state index in [1.807, 2.05) is 36.4 Å². The molecule has 1 atom stereocenters. The second kappa shape index (κ2) is 11.7. The van der Waals surface area contributed by atoms with Crippen LogP contribution < -0.4 is 19.9 Å². The average Bonchev–Trinajstić information content (AvgIpc) is 3.50. The molecular formula is C32H35FN6O2. The monoisotopic (exact) mass is 554 g/mol. The van der Waals surface area contributed by atoms with Crippen molar-refractivity contribution >= 4 is 34.0 Å². The molecular weight excluding hydrogens is 519 g/mol. The van der Waals surface area contributed by atoms with E-state index in [9.17, 15) is 9.18 Å². The smallest absolute Gasteiger partial charge is 0.255 e. The van der Waals surface area contributed by atoms with E-state index in [4.69, 9.17) is 4.74 Å². The third-order valence-corrected chi connectivity index (χ3v) is 8.01. The number of anilines is 3. The van der Waals surface area contributed by atoms with Gasteiger partial charge in [0.25, 0.3) is 5.91 Å². The van der Waals surface area contributed by atoms with Gasteiger partial charge in [0, 0.05) is 72.2 Å². The molecule has 2 aliphatic rings. The van der Waals surface area contributed by atoms with Crippen molar-refractivity contribution in [3.63, 3.8) is 0 Å². The molecule has 1 aromatic heterocycles. The number of hydrogen-bond acceptors (Lipinski definition) is 7. The average molecular weight is 555 g/mol.